The molecule has 0 aromatic heterocycles. The number of amides is 1. The van der Waals surface area contributed by atoms with Gasteiger partial charge in [0.25, 0.3) is 15.9 Å². The summed E-state index contributed by atoms with van der Waals surface area (Å²) in [6, 6.07) is 20.8. The second-order valence-corrected chi connectivity index (χ2v) is 9.58. The average Bonchev–Trinajstić information content (AvgIpc) is 3.29. The molecule has 0 radical (unpaired) electrons. The Hall–Kier alpha value is -3.03. The summed E-state index contributed by atoms with van der Waals surface area (Å²) >= 11 is 6.23. The number of methoxy groups -OCH3 is 1. The highest BCUT2D eigenvalue weighted by Crippen LogP contribution is 2.34. The summed E-state index contributed by atoms with van der Waals surface area (Å²) in [6.45, 7) is 0.614. The van der Waals surface area contributed by atoms with E-state index in [-0.39, 0.29) is 33.1 Å². The van der Waals surface area contributed by atoms with Crippen LogP contribution >= 0.6 is 11.6 Å². The molecular weight excluding hydrogens is 448 g/mol. The predicted octanol–water partition coefficient (Wildman–Crippen LogP) is 5.13. The number of halogens is 1. The van der Waals surface area contributed by atoms with Crippen molar-refractivity contribution in [3.63, 3.8) is 0 Å². The molecule has 6 nitrogen and oxygen atoms in total. The van der Waals surface area contributed by atoms with Crippen molar-refractivity contribution in [2.24, 2.45) is 0 Å². The zero-order valence-electron chi connectivity index (χ0n) is 17.5. The maximum absolute atomic E-state index is 13.3. The molecule has 1 aliphatic heterocycles. The molecule has 3 aromatic rings. The number of sulfonamides is 1. The molecule has 4 rings (SSSR count). The smallest absolute Gasteiger partial charge is 0.263 e. The molecule has 3 aromatic carbocycles. The van der Waals surface area contributed by atoms with Crippen molar-refractivity contribution < 1.29 is 17.9 Å². The molecular formula is C24H23ClN2O4S. The molecule has 1 aliphatic rings. The van der Waals surface area contributed by atoms with Crippen molar-refractivity contribution in [2.45, 2.75) is 23.8 Å². The van der Waals surface area contributed by atoms with Gasteiger partial charge in [0.05, 0.1) is 23.9 Å². The summed E-state index contributed by atoms with van der Waals surface area (Å²) in [6.07, 6.45) is 1.75. The van der Waals surface area contributed by atoms with E-state index in [2.05, 4.69) is 4.72 Å². The minimum absolute atomic E-state index is 0.0324. The Balaban J connectivity index is 1.64. The Morgan fingerprint density at radius 2 is 1.78 bits per heavy atom. The first-order valence-electron chi connectivity index (χ1n) is 10.2. The number of likely N-dealkylation sites (tertiary alicyclic amines) is 1. The van der Waals surface area contributed by atoms with Crippen molar-refractivity contribution in [3.8, 4) is 5.75 Å². The number of anilines is 1. The van der Waals surface area contributed by atoms with E-state index in [1.807, 2.05) is 30.3 Å². The molecule has 0 bridgehead atoms. The Labute approximate surface area is 192 Å². The first-order chi connectivity index (χ1) is 15.4. The molecule has 1 saturated heterocycles. The highest BCUT2D eigenvalue weighted by molar-refractivity contribution is 7.92. The van der Waals surface area contributed by atoms with Gasteiger partial charge in [-0.2, -0.15) is 0 Å². The molecule has 1 fully saturated rings. The first-order valence-corrected chi connectivity index (χ1v) is 12.1. The molecule has 0 spiro atoms. The monoisotopic (exact) mass is 470 g/mol. The lowest BCUT2D eigenvalue weighted by atomic mass is 10.0. The third-order valence-electron chi connectivity index (χ3n) is 5.52. The van der Waals surface area contributed by atoms with Crippen LogP contribution in [0.4, 0.5) is 5.69 Å². The minimum Gasteiger partial charge on any atom is -0.495 e. The lowest BCUT2D eigenvalue weighted by Gasteiger charge is -2.25. The molecule has 166 valence electrons. The first kappa shape index (κ1) is 22.2. The van der Waals surface area contributed by atoms with Crippen LogP contribution in [-0.2, 0) is 10.0 Å². The van der Waals surface area contributed by atoms with Crippen LogP contribution < -0.4 is 9.46 Å². The number of benzene rings is 3. The fourth-order valence-corrected chi connectivity index (χ4v) is 5.57. The number of nitrogens with one attached hydrogen (secondary N) is 1. The number of rotatable bonds is 6. The average molecular weight is 471 g/mol. The van der Waals surface area contributed by atoms with Crippen LogP contribution in [-0.4, -0.2) is 32.9 Å². The van der Waals surface area contributed by atoms with E-state index >= 15 is 0 Å². The molecule has 1 N–H and O–H groups in total. The summed E-state index contributed by atoms with van der Waals surface area (Å²) in [5, 5.41) is 0.0324. The maximum Gasteiger partial charge on any atom is 0.263 e. The zero-order valence-corrected chi connectivity index (χ0v) is 19.1. The van der Waals surface area contributed by atoms with Gasteiger partial charge in [0.2, 0.25) is 0 Å². The summed E-state index contributed by atoms with van der Waals surface area (Å²) in [4.78, 5) is 15.0. The van der Waals surface area contributed by atoms with E-state index in [4.69, 9.17) is 16.3 Å². The van der Waals surface area contributed by atoms with Crippen molar-refractivity contribution in [2.75, 3.05) is 18.4 Å². The van der Waals surface area contributed by atoms with Crippen LogP contribution in [0.3, 0.4) is 0 Å². The lowest BCUT2D eigenvalue weighted by molar-refractivity contribution is 0.0735. The van der Waals surface area contributed by atoms with E-state index in [0.717, 1.165) is 18.4 Å². The summed E-state index contributed by atoms with van der Waals surface area (Å²) in [5.74, 6) is 0.156. The van der Waals surface area contributed by atoms with E-state index in [1.165, 1.54) is 19.2 Å². The summed E-state index contributed by atoms with van der Waals surface area (Å²) in [5.41, 5.74) is 1.63. The van der Waals surface area contributed by atoms with E-state index in [0.29, 0.717) is 12.3 Å². The highest BCUT2D eigenvalue weighted by Gasteiger charge is 2.31. The van der Waals surface area contributed by atoms with Crippen LogP contribution in [0.1, 0.15) is 34.8 Å². The molecule has 8 heteroatoms. The molecule has 0 saturated carbocycles. The van der Waals surface area contributed by atoms with Gasteiger partial charge in [-0.15, -0.1) is 0 Å². The van der Waals surface area contributed by atoms with E-state index < -0.39 is 10.0 Å². The molecule has 1 heterocycles. The van der Waals surface area contributed by atoms with Crippen molar-refractivity contribution in [1.82, 2.24) is 4.90 Å². The van der Waals surface area contributed by atoms with Crippen LogP contribution in [0.25, 0.3) is 0 Å². The van der Waals surface area contributed by atoms with E-state index in [9.17, 15) is 13.2 Å². The minimum atomic E-state index is -4.05. The van der Waals surface area contributed by atoms with Crippen molar-refractivity contribution >= 4 is 33.2 Å². The van der Waals surface area contributed by atoms with Gasteiger partial charge in [-0.3, -0.25) is 9.52 Å². The third kappa shape index (κ3) is 4.45. The van der Waals surface area contributed by atoms with Gasteiger partial charge in [-0.25, -0.2) is 8.42 Å². The Bertz CT molecular complexity index is 1230. The largest absolute Gasteiger partial charge is 0.495 e. The Morgan fingerprint density at radius 1 is 1.06 bits per heavy atom. The number of hydrogen-bond acceptors (Lipinski definition) is 4. The molecule has 1 unspecified atom stereocenters. The van der Waals surface area contributed by atoms with Crippen molar-refractivity contribution in [1.29, 1.82) is 0 Å². The Kier molecular flexibility index (Phi) is 6.39. The number of para-hydroxylation sites is 2. The van der Waals surface area contributed by atoms with Gasteiger partial charge in [-0.05, 0) is 48.7 Å². The van der Waals surface area contributed by atoms with Crippen LogP contribution in [0.15, 0.2) is 77.7 Å². The standard InChI is InChI=1S/C24H23ClN2O4S/c1-31-22-12-6-5-10-20(22)26-32(29,30)23-16-18(13-14-19(23)25)24(28)27-15-7-11-21(27)17-8-3-2-4-9-17/h2-6,8-10,12-14,16,21,26H,7,11,15H2,1H3. The van der Waals surface area contributed by atoms with Gasteiger partial charge in [0, 0.05) is 12.1 Å². The van der Waals surface area contributed by atoms with Crippen LogP contribution in [0, 0.1) is 0 Å². The normalized spacial score (nSPS) is 16.1. The van der Waals surface area contributed by atoms with Gasteiger partial charge < -0.3 is 9.64 Å². The lowest BCUT2D eigenvalue weighted by Crippen LogP contribution is -2.30. The quantitative estimate of drug-likeness (QED) is 0.542. The molecule has 0 aliphatic carbocycles. The maximum atomic E-state index is 13.3. The number of carbonyl (C=O) groups is 1. The van der Waals surface area contributed by atoms with Crippen LogP contribution in [0.5, 0.6) is 5.75 Å². The fraction of sp³-hybridized carbons (Fsp3) is 0.208. The topological polar surface area (TPSA) is 75.7 Å². The van der Waals surface area contributed by atoms with Gasteiger partial charge in [0.1, 0.15) is 10.6 Å². The molecule has 1 atom stereocenters. The van der Waals surface area contributed by atoms with Gasteiger partial charge in [0.15, 0.2) is 0 Å². The second-order valence-electron chi connectivity index (χ2n) is 7.52. The van der Waals surface area contributed by atoms with Crippen LogP contribution in [0.2, 0.25) is 5.02 Å². The van der Waals surface area contributed by atoms with Gasteiger partial charge in [-0.1, -0.05) is 54.1 Å². The number of carbonyl (C=O) groups excluding carboxylic acids is 1. The summed E-state index contributed by atoms with van der Waals surface area (Å²) in [7, 11) is -2.60. The molecule has 1 amide bonds. The van der Waals surface area contributed by atoms with E-state index in [1.54, 1.807) is 35.2 Å². The number of hydrogen-bond donors (Lipinski definition) is 1. The highest BCUT2D eigenvalue weighted by atomic mass is 35.5. The number of nitrogens with zero attached hydrogens (tertiary/aromatic N) is 1. The second kappa shape index (κ2) is 9.22. The van der Waals surface area contributed by atoms with Crippen molar-refractivity contribution in [3.05, 3.63) is 88.9 Å². The predicted molar refractivity (Wildman–Crippen MR) is 125 cm³/mol. The summed E-state index contributed by atoms with van der Waals surface area (Å²) < 4.78 is 33.9. The van der Waals surface area contributed by atoms with Gasteiger partial charge >= 0.3 is 0 Å². The molecule has 32 heavy (non-hydrogen) atoms. The fourth-order valence-electron chi connectivity index (χ4n) is 3.97. The zero-order chi connectivity index (χ0) is 22.7. The Morgan fingerprint density at radius 3 is 2.53 bits per heavy atom. The SMILES string of the molecule is COc1ccccc1NS(=O)(=O)c1cc(C(=O)N2CCCC2c2ccccc2)ccc1Cl. The number of ether oxygens (including phenoxy) is 1. The third-order valence-corrected chi connectivity index (χ3v) is 7.36.